The Morgan fingerprint density at radius 3 is 2.43 bits per heavy atom. The molecule has 7 nitrogen and oxygen atoms in total. The lowest BCUT2D eigenvalue weighted by molar-refractivity contribution is 0.0909. The molecule has 0 bridgehead atoms. The molecule has 2 heterocycles. The van der Waals surface area contributed by atoms with Crippen molar-refractivity contribution in [2.75, 3.05) is 26.7 Å². The maximum atomic E-state index is 13.4. The van der Waals surface area contributed by atoms with Gasteiger partial charge in [-0.15, -0.1) is 0 Å². The van der Waals surface area contributed by atoms with Crippen LogP contribution in [0, 0.1) is 0 Å². The third-order valence-corrected chi connectivity index (χ3v) is 8.72. The number of hydrogen-bond donors (Lipinski definition) is 1. The summed E-state index contributed by atoms with van der Waals surface area (Å²) in [6.07, 6.45) is 7.22. The van der Waals surface area contributed by atoms with Crippen LogP contribution >= 0.6 is 0 Å². The van der Waals surface area contributed by atoms with E-state index in [2.05, 4.69) is 10.2 Å². The summed E-state index contributed by atoms with van der Waals surface area (Å²) >= 11 is 0. The second kappa shape index (κ2) is 8.85. The van der Waals surface area contributed by atoms with Gasteiger partial charge in [-0.2, -0.15) is 4.31 Å². The number of carbonyl (C=O) groups is 1. The van der Waals surface area contributed by atoms with Gasteiger partial charge in [-0.05, 0) is 63.6 Å². The highest BCUT2D eigenvalue weighted by atomic mass is 32.2. The molecule has 3 fully saturated rings. The zero-order valence-corrected chi connectivity index (χ0v) is 18.8. The molecule has 4 rings (SSSR count). The zero-order valence-electron chi connectivity index (χ0n) is 18.0. The molecule has 166 valence electrons. The highest BCUT2D eigenvalue weighted by Crippen LogP contribution is 2.32. The first-order chi connectivity index (χ1) is 14.4. The summed E-state index contributed by atoms with van der Waals surface area (Å²) in [7, 11) is -2.27. The maximum absolute atomic E-state index is 13.4. The zero-order chi connectivity index (χ0) is 21.3. The van der Waals surface area contributed by atoms with Crippen molar-refractivity contribution in [3.63, 3.8) is 0 Å². The van der Waals surface area contributed by atoms with Crippen molar-refractivity contribution < 1.29 is 17.9 Å². The van der Waals surface area contributed by atoms with Crippen molar-refractivity contribution in [3.8, 4) is 5.75 Å². The average molecular weight is 436 g/mol. The molecular weight excluding hydrogens is 402 g/mol. The summed E-state index contributed by atoms with van der Waals surface area (Å²) in [6, 6.07) is 5.55. The van der Waals surface area contributed by atoms with Crippen LogP contribution in [0.2, 0.25) is 0 Å². The minimum absolute atomic E-state index is 0.0532. The number of hydrogen-bond acceptors (Lipinski definition) is 5. The second-order valence-electron chi connectivity index (χ2n) is 8.84. The summed E-state index contributed by atoms with van der Waals surface area (Å²) in [5.74, 6) is 0.0627. The number of nitrogens with zero attached hydrogens (tertiary/aromatic N) is 2. The van der Waals surface area contributed by atoms with E-state index in [9.17, 15) is 13.2 Å². The molecule has 3 aliphatic rings. The fraction of sp³-hybridized carbons (Fsp3) is 0.682. The van der Waals surface area contributed by atoms with Gasteiger partial charge in [0.15, 0.2) is 0 Å². The Morgan fingerprint density at radius 2 is 1.80 bits per heavy atom. The van der Waals surface area contributed by atoms with E-state index in [1.54, 1.807) is 16.4 Å². The Bertz CT molecular complexity index is 876. The first-order valence-electron chi connectivity index (χ1n) is 11.1. The van der Waals surface area contributed by atoms with E-state index in [-0.39, 0.29) is 28.6 Å². The number of methoxy groups -OCH3 is 1. The Kier molecular flexibility index (Phi) is 6.36. The predicted octanol–water partition coefficient (Wildman–Crippen LogP) is 2.61. The summed E-state index contributed by atoms with van der Waals surface area (Å²) in [6.45, 7) is 4.48. The number of rotatable bonds is 6. The van der Waals surface area contributed by atoms with Crippen LogP contribution in [-0.4, -0.2) is 68.4 Å². The largest absolute Gasteiger partial charge is 0.495 e. The van der Waals surface area contributed by atoms with Crippen molar-refractivity contribution in [3.05, 3.63) is 23.8 Å². The molecule has 1 amide bonds. The van der Waals surface area contributed by atoms with Crippen molar-refractivity contribution in [2.24, 2.45) is 0 Å². The van der Waals surface area contributed by atoms with Crippen molar-refractivity contribution >= 4 is 15.9 Å². The minimum atomic E-state index is -3.73. The van der Waals surface area contributed by atoms with Gasteiger partial charge in [0.1, 0.15) is 10.6 Å². The fourth-order valence-electron chi connectivity index (χ4n) is 4.69. The number of benzene rings is 1. The third kappa shape index (κ3) is 4.50. The molecule has 0 unspecified atom stereocenters. The number of amides is 1. The summed E-state index contributed by atoms with van der Waals surface area (Å²) in [4.78, 5) is 15.5. The first kappa shape index (κ1) is 21.6. The second-order valence-corrected chi connectivity index (χ2v) is 10.7. The monoisotopic (exact) mass is 435 g/mol. The van der Waals surface area contributed by atoms with Crippen LogP contribution in [-0.2, 0) is 10.0 Å². The summed E-state index contributed by atoms with van der Waals surface area (Å²) in [5.41, 5.74) is 0.365. The number of nitrogens with one attached hydrogen (secondary N) is 1. The Morgan fingerprint density at radius 1 is 1.07 bits per heavy atom. The van der Waals surface area contributed by atoms with Crippen LogP contribution in [0.15, 0.2) is 23.1 Å². The van der Waals surface area contributed by atoms with E-state index < -0.39 is 10.0 Å². The number of piperidine rings is 2. The van der Waals surface area contributed by atoms with Crippen molar-refractivity contribution in [1.29, 1.82) is 0 Å². The number of sulfonamides is 1. The highest BCUT2D eigenvalue weighted by Gasteiger charge is 2.34. The van der Waals surface area contributed by atoms with E-state index in [4.69, 9.17) is 4.74 Å². The molecule has 1 saturated carbocycles. The number of ether oxygens (including phenoxy) is 1. The lowest BCUT2D eigenvalue weighted by atomic mass is 10.0. The molecule has 2 aliphatic heterocycles. The minimum Gasteiger partial charge on any atom is -0.495 e. The van der Waals surface area contributed by atoms with Gasteiger partial charge in [0.05, 0.1) is 7.11 Å². The molecule has 1 N–H and O–H groups in total. The van der Waals surface area contributed by atoms with E-state index >= 15 is 0 Å². The lowest BCUT2D eigenvalue weighted by Gasteiger charge is -2.33. The first-order valence-corrected chi connectivity index (χ1v) is 12.6. The highest BCUT2D eigenvalue weighted by molar-refractivity contribution is 7.89. The van der Waals surface area contributed by atoms with Gasteiger partial charge in [0.25, 0.3) is 5.91 Å². The molecule has 1 aromatic carbocycles. The van der Waals surface area contributed by atoms with Crippen LogP contribution < -0.4 is 10.1 Å². The number of carbonyl (C=O) groups excluding carboxylic acids is 1. The van der Waals surface area contributed by atoms with Crippen LogP contribution in [0.4, 0.5) is 0 Å². The van der Waals surface area contributed by atoms with Gasteiger partial charge in [-0.1, -0.05) is 6.42 Å². The molecule has 8 heteroatoms. The topological polar surface area (TPSA) is 79.0 Å². The van der Waals surface area contributed by atoms with Gasteiger partial charge in [-0.25, -0.2) is 8.42 Å². The molecule has 30 heavy (non-hydrogen) atoms. The molecule has 0 spiro atoms. The van der Waals surface area contributed by atoms with Crippen LogP contribution in [0.3, 0.4) is 0 Å². The lowest BCUT2D eigenvalue weighted by Crippen LogP contribution is -2.45. The molecular formula is C22H33N3O4S. The van der Waals surface area contributed by atoms with E-state index in [1.165, 1.54) is 26.0 Å². The number of likely N-dealkylation sites (tertiary alicyclic amines) is 1. The van der Waals surface area contributed by atoms with Crippen LogP contribution in [0.1, 0.15) is 62.2 Å². The van der Waals surface area contributed by atoms with E-state index in [0.717, 1.165) is 51.2 Å². The standard InChI is InChI=1S/C22H33N3O4S/c1-16-5-3-4-12-25(16)30(27,28)21-15-17(6-9-20(21)29-2)22(26)23-18-10-13-24(14-11-18)19-7-8-19/h6,9,15-16,18-19H,3-5,7-8,10-14H2,1-2H3,(H,23,26)/t16-/m1/s1. The molecule has 1 atom stereocenters. The van der Waals surface area contributed by atoms with Gasteiger partial charge in [0, 0.05) is 43.3 Å². The van der Waals surface area contributed by atoms with Crippen molar-refractivity contribution in [2.45, 2.75) is 74.9 Å². The molecule has 2 saturated heterocycles. The van der Waals surface area contributed by atoms with Gasteiger partial charge < -0.3 is 15.0 Å². The SMILES string of the molecule is COc1ccc(C(=O)NC2CCN(C3CC3)CC2)cc1S(=O)(=O)N1CCCC[C@H]1C. The Balaban J connectivity index is 1.49. The maximum Gasteiger partial charge on any atom is 0.251 e. The predicted molar refractivity (Wildman–Crippen MR) is 115 cm³/mol. The van der Waals surface area contributed by atoms with E-state index in [1.807, 2.05) is 6.92 Å². The van der Waals surface area contributed by atoms with Crippen molar-refractivity contribution in [1.82, 2.24) is 14.5 Å². The van der Waals surface area contributed by atoms with E-state index in [0.29, 0.717) is 12.1 Å². The summed E-state index contributed by atoms with van der Waals surface area (Å²) in [5, 5.41) is 3.10. The Hall–Kier alpha value is -1.64. The van der Waals surface area contributed by atoms with Crippen LogP contribution in [0.5, 0.6) is 5.75 Å². The Labute approximate surface area is 179 Å². The average Bonchev–Trinajstić information content (AvgIpc) is 3.59. The van der Waals surface area contributed by atoms with Gasteiger partial charge in [0.2, 0.25) is 10.0 Å². The molecule has 1 aliphatic carbocycles. The normalized spacial score (nSPS) is 24.5. The fourth-order valence-corrected chi connectivity index (χ4v) is 6.57. The smallest absolute Gasteiger partial charge is 0.251 e. The quantitative estimate of drug-likeness (QED) is 0.743. The third-order valence-electron chi connectivity index (χ3n) is 6.68. The van der Waals surface area contributed by atoms with Gasteiger partial charge >= 0.3 is 0 Å². The van der Waals surface area contributed by atoms with Gasteiger partial charge in [-0.3, -0.25) is 4.79 Å². The molecule has 0 aromatic heterocycles. The summed E-state index contributed by atoms with van der Waals surface area (Å²) < 4.78 is 33.6. The molecule has 1 aromatic rings. The van der Waals surface area contributed by atoms with Crippen LogP contribution in [0.25, 0.3) is 0 Å². The molecule has 0 radical (unpaired) electrons.